The normalized spacial score (nSPS) is 18.9. The molecule has 10 amide bonds. The quantitative estimate of drug-likeness (QED) is 0.0324. The number of hydrogen-bond donors (Lipinski definition) is 12. The summed E-state index contributed by atoms with van der Waals surface area (Å²) in [5, 5.41) is 32.7. The maximum Gasteiger partial charge on any atom is 0.326 e. The van der Waals surface area contributed by atoms with Gasteiger partial charge in [0, 0.05) is 19.0 Å². The van der Waals surface area contributed by atoms with E-state index in [0.717, 1.165) is 6.42 Å². The van der Waals surface area contributed by atoms with Gasteiger partial charge in [-0.3, -0.25) is 47.9 Å². The first-order valence-electron chi connectivity index (χ1n) is 23.1. The number of carbonyl (C=O) groups excluding carboxylic acids is 10. The van der Waals surface area contributed by atoms with Crippen molar-refractivity contribution < 1.29 is 57.8 Å². The Morgan fingerprint density at radius 1 is 0.642 bits per heavy atom. The van der Waals surface area contributed by atoms with Gasteiger partial charge >= 0.3 is 5.97 Å². The lowest BCUT2D eigenvalue weighted by molar-refractivity contribution is -0.144. The van der Waals surface area contributed by atoms with Crippen molar-refractivity contribution in [3.63, 3.8) is 0 Å². The van der Waals surface area contributed by atoms with E-state index in [9.17, 15) is 57.8 Å². The van der Waals surface area contributed by atoms with Crippen LogP contribution in [0.3, 0.4) is 0 Å². The highest BCUT2D eigenvalue weighted by atomic mass is 16.4. The summed E-state index contributed by atoms with van der Waals surface area (Å²) in [6, 6.07) is -7.21. The van der Waals surface area contributed by atoms with Crippen molar-refractivity contribution in [2.24, 2.45) is 23.3 Å². The van der Waals surface area contributed by atoms with Crippen LogP contribution in [0.4, 0.5) is 0 Å². The Morgan fingerprint density at radius 2 is 1.22 bits per heavy atom. The average Bonchev–Trinajstić information content (AvgIpc) is 3.93. The zero-order valence-corrected chi connectivity index (χ0v) is 39.6. The lowest BCUT2D eigenvalue weighted by Gasteiger charge is -2.26. The van der Waals surface area contributed by atoms with Gasteiger partial charge in [0.15, 0.2) is 0 Å². The molecule has 0 unspecified atom stereocenters. The molecule has 67 heavy (non-hydrogen) atoms. The number of aliphatic carboxylic acids is 1. The van der Waals surface area contributed by atoms with Gasteiger partial charge < -0.3 is 69.3 Å². The molecule has 14 N–H and O–H groups in total. The number of rotatable bonds is 29. The molecular weight excluding hydrogens is 877 g/mol. The van der Waals surface area contributed by atoms with E-state index in [4.69, 9.17) is 11.5 Å². The largest absolute Gasteiger partial charge is 0.480 e. The molecule has 2 aliphatic rings. The van der Waals surface area contributed by atoms with E-state index in [2.05, 4.69) is 47.9 Å². The number of unbranched alkanes of at least 4 members (excludes halogenated alkanes) is 1. The Kier molecular flexibility index (Phi) is 24.7. The molecule has 2 heterocycles. The molecule has 0 radical (unpaired) electrons. The van der Waals surface area contributed by atoms with Gasteiger partial charge in [0.25, 0.3) is 0 Å². The maximum absolute atomic E-state index is 13.5. The predicted molar refractivity (Wildman–Crippen MR) is 243 cm³/mol. The van der Waals surface area contributed by atoms with Crippen molar-refractivity contribution in [3.05, 3.63) is 0 Å². The van der Waals surface area contributed by atoms with Crippen LogP contribution in [-0.2, 0) is 52.7 Å². The fraction of sp³-hybridized carbons (Fsp3) is 0.744. The number of hydrogen-bond acceptors (Lipinski definition) is 13. The average molecular weight is 951 g/mol. The summed E-state index contributed by atoms with van der Waals surface area (Å²) in [6.45, 7) is 9.52. The molecule has 2 saturated heterocycles. The second kappa shape index (κ2) is 29.0. The fourth-order valence-electron chi connectivity index (χ4n) is 7.59. The van der Waals surface area contributed by atoms with Gasteiger partial charge in [0.2, 0.25) is 59.1 Å². The number of likely N-dealkylation sites (tertiary alicyclic amines) is 1. The van der Waals surface area contributed by atoms with Crippen LogP contribution in [0.25, 0.3) is 0 Å². The van der Waals surface area contributed by atoms with E-state index in [0.29, 0.717) is 38.6 Å². The molecule has 2 aliphatic heterocycles. The SMILES string of the molecule is CC(C)C[C@H](NC(=O)CNC(=O)[C@H](CC(C)C)NC(=O)[C@H](CCC(N)=O)NC(=O)CNC(=O)[C@@H]1CC[C@@H](C)N1)C(=O)N[C@@H](C)C(=O)NCC(=O)N1CCC[C@H]1C(=O)N[C@@H](CCCCN)C(=O)O. The molecule has 2 rings (SSSR count). The molecule has 0 spiro atoms. The van der Waals surface area contributed by atoms with Crippen LogP contribution in [0.15, 0.2) is 0 Å². The summed E-state index contributed by atoms with van der Waals surface area (Å²) in [7, 11) is 0. The van der Waals surface area contributed by atoms with E-state index in [-0.39, 0.29) is 62.4 Å². The van der Waals surface area contributed by atoms with Gasteiger partial charge in [-0.2, -0.15) is 0 Å². The number of carboxylic acid groups (broad SMARTS) is 1. The third kappa shape index (κ3) is 21.1. The Morgan fingerprint density at radius 3 is 1.79 bits per heavy atom. The molecule has 0 bridgehead atoms. The zero-order valence-electron chi connectivity index (χ0n) is 39.6. The number of nitrogens with zero attached hydrogens (tertiary/aromatic N) is 1. The van der Waals surface area contributed by atoms with Crippen molar-refractivity contribution in [2.45, 2.75) is 161 Å². The molecule has 8 atom stereocenters. The molecule has 0 aliphatic carbocycles. The third-order valence-electron chi connectivity index (χ3n) is 11.2. The number of primary amides is 1. The Hall–Kier alpha value is -5.91. The third-order valence-corrected chi connectivity index (χ3v) is 11.2. The molecule has 378 valence electrons. The van der Waals surface area contributed by atoms with Crippen LogP contribution < -0.4 is 59.3 Å². The molecular formula is C43H74N12O12. The van der Waals surface area contributed by atoms with Crippen molar-refractivity contribution in [3.8, 4) is 0 Å². The van der Waals surface area contributed by atoms with Crippen molar-refractivity contribution in [2.75, 3.05) is 32.7 Å². The summed E-state index contributed by atoms with van der Waals surface area (Å²) < 4.78 is 0. The number of carboxylic acids is 1. The molecule has 2 fully saturated rings. The second-order valence-electron chi connectivity index (χ2n) is 18.1. The Labute approximate surface area is 391 Å². The summed E-state index contributed by atoms with van der Waals surface area (Å²) in [4.78, 5) is 142. The zero-order chi connectivity index (χ0) is 50.4. The highest BCUT2D eigenvalue weighted by molar-refractivity contribution is 5.97. The molecule has 0 saturated carbocycles. The van der Waals surface area contributed by atoms with Gasteiger partial charge in [-0.25, -0.2) is 4.79 Å². The summed E-state index contributed by atoms with van der Waals surface area (Å²) in [6.07, 6.45) is 3.21. The van der Waals surface area contributed by atoms with E-state index in [1.54, 1.807) is 27.7 Å². The van der Waals surface area contributed by atoms with Gasteiger partial charge in [-0.05, 0) is 96.4 Å². The van der Waals surface area contributed by atoms with Crippen molar-refractivity contribution >= 4 is 65.0 Å². The fourth-order valence-corrected chi connectivity index (χ4v) is 7.59. The molecule has 0 aromatic carbocycles. The number of carbonyl (C=O) groups is 11. The second-order valence-corrected chi connectivity index (χ2v) is 18.1. The van der Waals surface area contributed by atoms with E-state index in [1.165, 1.54) is 11.8 Å². The maximum atomic E-state index is 13.5. The van der Waals surface area contributed by atoms with Crippen LogP contribution in [0.1, 0.15) is 112 Å². The lowest BCUT2D eigenvalue weighted by Crippen LogP contribution is -2.57. The van der Waals surface area contributed by atoms with Gasteiger partial charge in [0.1, 0.15) is 36.3 Å². The first-order valence-corrected chi connectivity index (χ1v) is 23.1. The number of nitrogens with one attached hydrogen (secondary N) is 9. The van der Waals surface area contributed by atoms with Crippen molar-refractivity contribution in [1.29, 1.82) is 0 Å². The summed E-state index contributed by atoms with van der Waals surface area (Å²) in [5.74, 6) is -8.28. The molecule has 24 nitrogen and oxygen atoms in total. The Balaban J connectivity index is 1.98. The minimum atomic E-state index is -1.31. The van der Waals surface area contributed by atoms with Crippen molar-refractivity contribution in [1.82, 2.24) is 52.8 Å². The first kappa shape index (κ1) is 57.2. The van der Waals surface area contributed by atoms with Gasteiger partial charge in [-0.15, -0.1) is 0 Å². The smallest absolute Gasteiger partial charge is 0.326 e. The van der Waals surface area contributed by atoms with E-state index < -0.39 is 121 Å². The highest BCUT2D eigenvalue weighted by Crippen LogP contribution is 2.18. The van der Waals surface area contributed by atoms with Crippen LogP contribution >= 0.6 is 0 Å². The van der Waals surface area contributed by atoms with Crippen LogP contribution in [0.5, 0.6) is 0 Å². The molecule has 0 aromatic heterocycles. The van der Waals surface area contributed by atoms with Crippen LogP contribution in [0, 0.1) is 11.8 Å². The van der Waals surface area contributed by atoms with Crippen LogP contribution in [0.2, 0.25) is 0 Å². The standard InChI is InChI=1S/C43H74N12O12/c1-23(2)18-30(54-40(63)28(14-15-33(45)56)51-34(57)20-46-38(61)27-13-12-25(5)49-27)39(62)47-21-35(58)52-31(19-24(3)4)41(64)50-26(6)37(60)48-22-36(59)55-17-9-11-32(55)42(65)53-29(43(66)67)10-7-8-16-44/h23-32,49H,7-22,44H2,1-6H3,(H2,45,56)(H,46,61)(H,47,62)(H,48,60)(H,50,64)(H,51,57)(H,52,58)(H,53,65)(H,54,63)(H,66,67)/t25-,26+,27+,28+,29+,30+,31+,32+/m1/s1. The van der Waals surface area contributed by atoms with Gasteiger partial charge in [0.05, 0.1) is 25.7 Å². The lowest BCUT2D eigenvalue weighted by atomic mass is 10.0. The van der Waals surface area contributed by atoms with Crippen LogP contribution in [-0.4, -0.2) is 156 Å². The highest BCUT2D eigenvalue weighted by Gasteiger charge is 2.36. The minimum absolute atomic E-state index is 0.111. The number of amides is 10. The Bertz CT molecular complexity index is 1760. The summed E-state index contributed by atoms with van der Waals surface area (Å²) >= 11 is 0. The molecule has 24 heteroatoms. The summed E-state index contributed by atoms with van der Waals surface area (Å²) in [5.41, 5.74) is 10.8. The topological polar surface area (TPSA) is 372 Å². The monoisotopic (exact) mass is 951 g/mol. The first-order chi connectivity index (χ1) is 31.5. The molecule has 0 aromatic rings. The number of nitrogens with two attached hydrogens (primary N) is 2. The van der Waals surface area contributed by atoms with Gasteiger partial charge in [-0.1, -0.05) is 27.7 Å². The minimum Gasteiger partial charge on any atom is -0.480 e. The predicted octanol–water partition coefficient (Wildman–Crippen LogP) is -3.52. The van der Waals surface area contributed by atoms with E-state index >= 15 is 0 Å². The van der Waals surface area contributed by atoms with E-state index in [1.807, 2.05) is 6.92 Å².